The standard InChI is InChI=1S/C29H26O16/c1-41-12-7-15(32)20-18(8-12)43-26(10-2-3-13(30)14(31)4-10)27(23(20)37)45-29-25(39)24(38)22(36)19(44-29)9-42-28(40)11-5-16(33)21(35)17(34)6-11/h2-8,19,22,24-25,29-36,38-39H,9H2,1H3/t19-,22-,24+,25-,29+/m1/s1. The molecule has 16 nitrogen and oxygen atoms in total. The molecule has 9 N–H and O–H groups in total. The number of carbonyl (C=O) groups excluding carboxylic acids is 1. The number of aliphatic hydroxyl groups excluding tert-OH is 3. The highest BCUT2D eigenvalue weighted by molar-refractivity contribution is 5.91. The molecule has 4 aromatic rings. The van der Waals surface area contributed by atoms with Gasteiger partial charge in [-0.2, -0.15) is 0 Å². The summed E-state index contributed by atoms with van der Waals surface area (Å²) in [5.74, 6) is -6.27. The van der Waals surface area contributed by atoms with Crippen LogP contribution in [-0.4, -0.2) is 96.4 Å². The summed E-state index contributed by atoms with van der Waals surface area (Å²) in [4.78, 5) is 26.2. The lowest BCUT2D eigenvalue weighted by atomic mass is 9.99. The number of fused-ring (bicyclic) bond motifs is 1. The van der Waals surface area contributed by atoms with Crippen molar-refractivity contribution in [2.45, 2.75) is 30.7 Å². The number of hydrogen-bond acceptors (Lipinski definition) is 16. The normalized spacial score (nSPS) is 21.4. The summed E-state index contributed by atoms with van der Waals surface area (Å²) in [5.41, 5.74) is -1.58. The Labute approximate surface area is 251 Å². The number of phenols is 6. The van der Waals surface area contributed by atoms with Gasteiger partial charge in [-0.05, 0) is 30.3 Å². The van der Waals surface area contributed by atoms with Gasteiger partial charge in [-0.3, -0.25) is 4.79 Å². The number of ether oxygens (including phenoxy) is 4. The van der Waals surface area contributed by atoms with E-state index < -0.39 is 94.5 Å². The summed E-state index contributed by atoms with van der Waals surface area (Å²) in [6, 6.07) is 7.38. The van der Waals surface area contributed by atoms with Crippen LogP contribution in [0.1, 0.15) is 10.4 Å². The highest BCUT2D eigenvalue weighted by atomic mass is 16.7. The molecular formula is C29H26O16. The predicted octanol–water partition coefficient (Wildman–Crippen LogP) is 0.746. The van der Waals surface area contributed by atoms with Crippen molar-refractivity contribution in [3.05, 3.63) is 58.3 Å². The van der Waals surface area contributed by atoms with Crippen LogP contribution in [0.3, 0.4) is 0 Å². The van der Waals surface area contributed by atoms with E-state index in [-0.39, 0.29) is 28.0 Å². The largest absolute Gasteiger partial charge is 0.507 e. The molecule has 0 saturated carbocycles. The number of benzene rings is 3. The van der Waals surface area contributed by atoms with Gasteiger partial charge in [0.25, 0.3) is 0 Å². The number of aliphatic hydroxyl groups is 3. The first-order valence-corrected chi connectivity index (χ1v) is 13.0. The lowest BCUT2D eigenvalue weighted by Gasteiger charge is -2.39. The van der Waals surface area contributed by atoms with Crippen molar-refractivity contribution in [1.29, 1.82) is 0 Å². The molecule has 0 spiro atoms. The number of phenolic OH excluding ortho intramolecular Hbond substituents is 6. The SMILES string of the molecule is COc1cc(O)c2c(=O)c(O[C@@H]3O[C@H](COC(=O)c4cc(O)c(O)c(O)c4)[C@@H](O)[C@H](O)[C@H]3O)c(-c3ccc(O)c(O)c3)oc2c1. The van der Waals surface area contributed by atoms with Crippen LogP contribution in [0.5, 0.6) is 46.0 Å². The highest BCUT2D eigenvalue weighted by Gasteiger charge is 2.46. The van der Waals surface area contributed by atoms with Crippen molar-refractivity contribution in [3.63, 3.8) is 0 Å². The topological polar surface area (TPSA) is 266 Å². The van der Waals surface area contributed by atoms with Gasteiger partial charge < -0.3 is 69.3 Å². The summed E-state index contributed by atoms with van der Waals surface area (Å²) in [7, 11) is 1.31. The van der Waals surface area contributed by atoms with Gasteiger partial charge in [0.2, 0.25) is 17.5 Å². The summed E-state index contributed by atoms with van der Waals surface area (Å²) < 4.78 is 27.3. The zero-order chi connectivity index (χ0) is 32.7. The van der Waals surface area contributed by atoms with E-state index in [0.29, 0.717) is 0 Å². The lowest BCUT2D eigenvalue weighted by molar-refractivity contribution is -0.277. The van der Waals surface area contributed by atoms with Gasteiger partial charge in [0.05, 0.1) is 12.7 Å². The monoisotopic (exact) mass is 630 g/mol. The minimum Gasteiger partial charge on any atom is -0.507 e. The van der Waals surface area contributed by atoms with Crippen LogP contribution in [0, 0.1) is 0 Å². The summed E-state index contributed by atoms with van der Waals surface area (Å²) in [6.45, 7) is -0.780. The number of carbonyl (C=O) groups is 1. The third-order valence-electron chi connectivity index (χ3n) is 6.97. The zero-order valence-corrected chi connectivity index (χ0v) is 23.0. The Morgan fingerprint density at radius 1 is 0.822 bits per heavy atom. The summed E-state index contributed by atoms with van der Waals surface area (Å²) in [6.07, 6.45) is -9.34. The fourth-order valence-corrected chi connectivity index (χ4v) is 4.57. The Bertz CT molecular complexity index is 1810. The van der Waals surface area contributed by atoms with Gasteiger partial charge in [-0.15, -0.1) is 0 Å². The molecule has 3 aromatic carbocycles. The Kier molecular flexibility index (Phi) is 8.22. The van der Waals surface area contributed by atoms with Crippen molar-refractivity contribution in [2.24, 2.45) is 0 Å². The molecule has 1 fully saturated rings. The first-order chi connectivity index (χ1) is 21.3. The minimum absolute atomic E-state index is 0.0154. The molecule has 0 radical (unpaired) electrons. The van der Waals surface area contributed by atoms with Gasteiger partial charge >= 0.3 is 5.97 Å². The molecule has 1 saturated heterocycles. The second kappa shape index (κ2) is 11.9. The van der Waals surface area contributed by atoms with Crippen LogP contribution in [0.4, 0.5) is 0 Å². The van der Waals surface area contributed by atoms with Crippen molar-refractivity contribution in [1.82, 2.24) is 0 Å². The molecule has 1 aliphatic heterocycles. The van der Waals surface area contributed by atoms with Crippen LogP contribution < -0.4 is 14.9 Å². The van der Waals surface area contributed by atoms with Gasteiger partial charge in [0.1, 0.15) is 53.5 Å². The average Bonchev–Trinajstić information content (AvgIpc) is 3.01. The van der Waals surface area contributed by atoms with Crippen LogP contribution in [-0.2, 0) is 9.47 Å². The number of aromatic hydroxyl groups is 6. The molecule has 5 rings (SSSR count). The quantitative estimate of drug-likeness (QED) is 0.101. The van der Waals surface area contributed by atoms with Crippen LogP contribution in [0.2, 0.25) is 0 Å². The second-order valence-corrected chi connectivity index (χ2v) is 9.91. The molecule has 16 heteroatoms. The number of methoxy groups -OCH3 is 1. The van der Waals surface area contributed by atoms with Crippen molar-refractivity contribution in [2.75, 3.05) is 13.7 Å². The Morgan fingerprint density at radius 2 is 1.51 bits per heavy atom. The molecule has 2 heterocycles. The van der Waals surface area contributed by atoms with E-state index in [1.54, 1.807) is 0 Å². The summed E-state index contributed by atoms with van der Waals surface area (Å²) in [5, 5.41) is 90.5. The number of esters is 1. The van der Waals surface area contributed by atoms with E-state index >= 15 is 0 Å². The smallest absolute Gasteiger partial charge is 0.338 e. The van der Waals surface area contributed by atoms with Gasteiger partial charge in [-0.25, -0.2) is 4.79 Å². The third-order valence-corrected chi connectivity index (χ3v) is 6.97. The van der Waals surface area contributed by atoms with Crippen molar-refractivity contribution >= 4 is 16.9 Å². The Morgan fingerprint density at radius 3 is 2.16 bits per heavy atom. The molecule has 0 amide bonds. The van der Waals surface area contributed by atoms with E-state index in [9.17, 15) is 55.5 Å². The van der Waals surface area contributed by atoms with Gasteiger partial charge in [-0.1, -0.05) is 0 Å². The molecule has 1 aromatic heterocycles. The average molecular weight is 631 g/mol. The lowest BCUT2D eigenvalue weighted by Crippen LogP contribution is -2.60. The van der Waals surface area contributed by atoms with Gasteiger partial charge in [0, 0.05) is 17.7 Å². The van der Waals surface area contributed by atoms with E-state index in [4.69, 9.17) is 23.4 Å². The van der Waals surface area contributed by atoms with Crippen molar-refractivity contribution < 1.29 is 74.1 Å². The molecule has 238 valence electrons. The maximum Gasteiger partial charge on any atom is 0.338 e. The Hall–Kier alpha value is -5.42. The van der Waals surface area contributed by atoms with E-state index in [2.05, 4.69) is 0 Å². The second-order valence-electron chi connectivity index (χ2n) is 9.91. The maximum atomic E-state index is 13.7. The molecule has 1 aliphatic rings. The summed E-state index contributed by atoms with van der Waals surface area (Å²) >= 11 is 0. The predicted molar refractivity (Wildman–Crippen MR) is 148 cm³/mol. The highest BCUT2D eigenvalue weighted by Crippen LogP contribution is 2.40. The van der Waals surface area contributed by atoms with Crippen molar-refractivity contribution in [3.8, 4) is 57.3 Å². The first kappa shape index (κ1) is 31.0. The van der Waals surface area contributed by atoms with E-state index in [0.717, 1.165) is 30.3 Å². The fourth-order valence-electron chi connectivity index (χ4n) is 4.57. The molecule has 0 unspecified atom stereocenters. The molecule has 45 heavy (non-hydrogen) atoms. The van der Waals surface area contributed by atoms with E-state index in [1.807, 2.05) is 0 Å². The van der Waals surface area contributed by atoms with Crippen LogP contribution in [0.25, 0.3) is 22.3 Å². The van der Waals surface area contributed by atoms with Gasteiger partial charge in [0.15, 0.2) is 34.5 Å². The molecule has 0 aliphatic carbocycles. The molecule has 5 atom stereocenters. The Balaban J connectivity index is 1.49. The molecule has 0 bridgehead atoms. The fraction of sp³-hybridized carbons (Fsp3) is 0.241. The van der Waals surface area contributed by atoms with Crippen LogP contribution in [0.15, 0.2) is 51.7 Å². The maximum absolute atomic E-state index is 13.7. The molecular weight excluding hydrogens is 604 g/mol. The third kappa shape index (κ3) is 5.77. The minimum atomic E-state index is -2.00. The number of hydrogen-bond donors (Lipinski definition) is 9. The first-order valence-electron chi connectivity index (χ1n) is 13.0. The number of rotatable bonds is 7. The van der Waals surface area contributed by atoms with Crippen LogP contribution >= 0.6 is 0 Å². The zero-order valence-electron chi connectivity index (χ0n) is 23.0. The van der Waals surface area contributed by atoms with E-state index in [1.165, 1.54) is 19.2 Å².